The molecule has 2 aromatic carbocycles. The Hall–Kier alpha value is -1.82. The summed E-state index contributed by atoms with van der Waals surface area (Å²) in [4.78, 5) is 11.3. The first-order valence-electron chi connectivity index (χ1n) is 8.92. The molecule has 0 saturated heterocycles. The lowest BCUT2D eigenvalue weighted by atomic mass is 10.0. The lowest BCUT2D eigenvalue weighted by Gasteiger charge is -2.17. The molecule has 0 bridgehead atoms. The van der Waals surface area contributed by atoms with Crippen LogP contribution in [0.15, 0.2) is 42.5 Å². The average Bonchev–Trinajstić information content (AvgIpc) is 2.60. The molecule has 2 rings (SSSR count). The topological polar surface area (TPSA) is 55.8 Å². The van der Waals surface area contributed by atoms with Crippen LogP contribution in [0.4, 0.5) is 4.39 Å². The highest BCUT2D eigenvalue weighted by Gasteiger charge is 2.20. The monoisotopic (exact) mass is 428 g/mol. The van der Waals surface area contributed by atoms with Crippen LogP contribution in [0.1, 0.15) is 25.0 Å². The molecule has 0 spiro atoms. The second-order valence-electron chi connectivity index (χ2n) is 6.72. The second-order valence-corrected chi connectivity index (χ2v) is 7.57. The fourth-order valence-corrected chi connectivity index (χ4v) is 3.17. The first kappa shape index (κ1) is 22.5. The zero-order chi connectivity index (χ0) is 20.7. The zero-order valence-electron chi connectivity index (χ0n) is 15.7. The molecule has 0 fully saturated rings. The number of carboxylic acid groups (broad SMARTS) is 1. The van der Waals surface area contributed by atoms with Gasteiger partial charge in [-0.25, -0.2) is 9.18 Å². The summed E-state index contributed by atoms with van der Waals surface area (Å²) in [5.41, 5.74) is 1.53. The number of benzene rings is 2. The smallest absolute Gasteiger partial charge is 0.333 e. The Morgan fingerprint density at radius 3 is 2.39 bits per heavy atom. The van der Waals surface area contributed by atoms with Gasteiger partial charge in [0.1, 0.15) is 18.5 Å². The van der Waals surface area contributed by atoms with Crippen molar-refractivity contribution in [2.24, 2.45) is 0 Å². The lowest BCUT2D eigenvalue weighted by molar-refractivity contribution is -0.153. The standard InChI is InChI=1S/C21H23Cl2FO4/c1-13(2)28-20(21(25)26)10-15-5-3-4-14(8-15)9-17(24)12-27-19-7-6-16(22)11-18(19)23/h3-8,11,13,17,20H,9-10,12H2,1-2H3,(H,25,26). The largest absolute Gasteiger partial charge is 0.489 e. The predicted octanol–water partition coefficient (Wildman–Crippen LogP) is 5.37. The van der Waals surface area contributed by atoms with Gasteiger partial charge in [0.15, 0.2) is 6.10 Å². The van der Waals surface area contributed by atoms with Crippen molar-refractivity contribution in [1.82, 2.24) is 0 Å². The molecule has 0 aliphatic heterocycles. The highest BCUT2D eigenvalue weighted by molar-refractivity contribution is 6.35. The molecule has 2 unspecified atom stereocenters. The van der Waals surface area contributed by atoms with E-state index in [1.807, 2.05) is 0 Å². The van der Waals surface area contributed by atoms with Crippen LogP contribution in [0.5, 0.6) is 5.75 Å². The van der Waals surface area contributed by atoms with Crippen LogP contribution < -0.4 is 4.74 Å². The third kappa shape index (κ3) is 7.30. The lowest BCUT2D eigenvalue weighted by Crippen LogP contribution is -2.29. The number of halogens is 3. The molecule has 0 radical (unpaired) electrons. The molecule has 0 saturated carbocycles. The van der Waals surface area contributed by atoms with E-state index in [1.165, 1.54) is 6.07 Å². The number of carboxylic acids is 1. The van der Waals surface area contributed by atoms with Crippen LogP contribution in [0.3, 0.4) is 0 Å². The van der Waals surface area contributed by atoms with E-state index in [9.17, 15) is 14.3 Å². The van der Waals surface area contributed by atoms with Crippen LogP contribution in [-0.4, -0.2) is 36.1 Å². The zero-order valence-corrected chi connectivity index (χ0v) is 17.2. The fourth-order valence-electron chi connectivity index (χ4n) is 2.71. The van der Waals surface area contributed by atoms with Crippen LogP contribution in [0, 0.1) is 0 Å². The maximum absolute atomic E-state index is 14.4. The van der Waals surface area contributed by atoms with E-state index < -0.39 is 18.2 Å². The minimum atomic E-state index is -1.25. The summed E-state index contributed by atoms with van der Waals surface area (Å²) < 4.78 is 25.2. The van der Waals surface area contributed by atoms with Crippen molar-refractivity contribution in [1.29, 1.82) is 0 Å². The molecule has 0 heterocycles. The van der Waals surface area contributed by atoms with Crippen LogP contribution in [0.2, 0.25) is 10.0 Å². The first-order chi connectivity index (χ1) is 13.2. The van der Waals surface area contributed by atoms with E-state index in [1.54, 1.807) is 50.2 Å². The summed E-state index contributed by atoms with van der Waals surface area (Å²) in [5.74, 6) is -0.645. The minimum absolute atomic E-state index is 0.141. The number of alkyl halides is 1. The van der Waals surface area contributed by atoms with Crippen molar-refractivity contribution >= 4 is 29.2 Å². The number of hydrogen-bond donors (Lipinski definition) is 1. The van der Waals surface area contributed by atoms with Crippen molar-refractivity contribution in [3.8, 4) is 5.75 Å². The number of ether oxygens (including phenoxy) is 2. The van der Waals surface area contributed by atoms with Crippen molar-refractivity contribution in [3.05, 3.63) is 63.6 Å². The van der Waals surface area contributed by atoms with E-state index in [-0.39, 0.29) is 25.6 Å². The first-order valence-corrected chi connectivity index (χ1v) is 9.68. The average molecular weight is 429 g/mol. The number of carbonyl (C=O) groups is 1. The third-order valence-electron chi connectivity index (χ3n) is 3.90. The molecule has 0 aromatic heterocycles. The molecule has 0 aliphatic rings. The van der Waals surface area contributed by atoms with E-state index in [0.29, 0.717) is 15.8 Å². The Morgan fingerprint density at radius 2 is 1.79 bits per heavy atom. The van der Waals surface area contributed by atoms with E-state index in [2.05, 4.69) is 0 Å². The maximum atomic E-state index is 14.4. The highest BCUT2D eigenvalue weighted by atomic mass is 35.5. The van der Waals surface area contributed by atoms with Crippen LogP contribution in [0.25, 0.3) is 0 Å². The highest BCUT2D eigenvalue weighted by Crippen LogP contribution is 2.27. The molecule has 4 nitrogen and oxygen atoms in total. The van der Waals surface area contributed by atoms with E-state index in [0.717, 1.165) is 11.1 Å². The van der Waals surface area contributed by atoms with Gasteiger partial charge in [-0.3, -0.25) is 0 Å². The van der Waals surface area contributed by atoms with Crippen LogP contribution >= 0.6 is 23.2 Å². The Bertz CT molecular complexity index is 798. The van der Waals surface area contributed by atoms with Gasteiger partial charge in [-0.1, -0.05) is 47.5 Å². The van der Waals surface area contributed by atoms with Gasteiger partial charge in [0.25, 0.3) is 0 Å². The van der Waals surface area contributed by atoms with Crippen molar-refractivity contribution < 1.29 is 23.8 Å². The Kier molecular flexibility index (Phi) is 8.55. The van der Waals surface area contributed by atoms with Crippen molar-refractivity contribution in [3.63, 3.8) is 0 Å². The molecule has 7 heteroatoms. The summed E-state index contributed by atoms with van der Waals surface area (Å²) >= 11 is 11.8. The molecule has 0 aliphatic carbocycles. The predicted molar refractivity (Wildman–Crippen MR) is 108 cm³/mol. The van der Waals surface area contributed by atoms with Gasteiger partial charge < -0.3 is 14.6 Å². The molecule has 2 aromatic rings. The Morgan fingerprint density at radius 1 is 1.11 bits per heavy atom. The van der Waals surface area contributed by atoms with Gasteiger partial charge >= 0.3 is 5.97 Å². The number of rotatable bonds is 10. The Labute approximate surface area is 174 Å². The van der Waals surface area contributed by atoms with Crippen LogP contribution in [-0.2, 0) is 22.4 Å². The van der Waals surface area contributed by atoms with E-state index >= 15 is 0 Å². The SMILES string of the molecule is CC(C)OC(Cc1cccc(CC(F)COc2ccc(Cl)cc2Cl)c1)C(=O)O. The van der Waals surface area contributed by atoms with E-state index in [4.69, 9.17) is 32.7 Å². The van der Waals surface area contributed by atoms with Gasteiger partial charge in [0.2, 0.25) is 0 Å². The molecular weight excluding hydrogens is 406 g/mol. The fraction of sp³-hybridized carbons (Fsp3) is 0.381. The van der Waals surface area contributed by atoms with Gasteiger partial charge in [0.05, 0.1) is 11.1 Å². The maximum Gasteiger partial charge on any atom is 0.333 e. The third-order valence-corrected chi connectivity index (χ3v) is 4.43. The number of aliphatic carboxylic acids is 1. The molecule has 1 N–H and O–H groups in total. The summed E-state index contributed by atoms with van der Waals surface area (Å²) in [6.07, 6.45) is -2.02. The number of hydrogen-bond acceptors (Lipinski definition) is 3. The van der Waals surface area contributed by atoms with Gasteiger partial charge in [-0.2, -0.15) is 0 Å². The minimum Gasteiger partial charge on any atom is -0.489 e. The molecular formula is C21H23Cl2FO4. The normalized spacial score (nSPS) is 13.4. The summed E-state index contributed by atoms with van der Waals surface area (Å²) in [5, 5.41) is 10.1. The molecule has 0 amide bonds. The second kappa shape index (κ2) is 10.6. The summed E-state index contributed by atoms with van der Waals surface area (Å²) in [6, 6.07) is 11.9. The quantitative estimate of drug-likeness (QED) is 0.552. The van der Waals surface area contributed by atoms with Gasteiger partial charge in [0, 0.05) is 17.9 Å². The molecule has 2 atom stereocenters. The molecule has 152 valence electrons. The molecule has 28 heavy (non-hydrogen) atoms. The van der Waals surface area contributed by atoms with Crippen molar-refractivity contribution in [2.45, 2.75) is 45.1 Å². The van der Waals surface area contributed by atoms with Crippen molar-refractivity contribution in [2.75, 3.05) is 6.61 Å². The van der Waals surface area contributed by atoms with Gasteiger partial charge in [-0.05, 0) is 43.2 Å². The summed E-state index contributed by atoms with van der Waals surface area (Å²) in [7, 11) is 0. The summed E-state index contributed by atoms with van der Waals surface area (Å²) in [6.45, 7) is 3.42. The Balaban J connectivity index is 1.94. The van der Waals surface area contributed by atoms with Gasteiger partial charge in [-0.15, -0.1) is 0 Å².